The summed E-state index contributed by atoms with van der Waals surface area (Å²) in [6, 6.07) is -0.463. The lowest BCUT2D eigenvalue weighted by Gasteiger charge is -2.12. The van der Waals surface area contributed by atoms with Crippen molar-refractivity contribution in [3.63, 3.8) is 0 Å². The van der Waals surface area contributed by atoms with Gasteiger partial charge < -0.3 is 5.73 Å². The van der Waals surface area contributed by atoms with Crippen LogP contribution >= 0.6 is 0 Å². The summed E-state index contributed by atoms with van der Waals surface area (Å²) in [7, 11) is 1.39. The molecule has 0 rings (SSSR count). The third-order valence-electron chi connectivity index (χ3n) is 1.26. The second-order valence-electron chi connectivity index (χ2n) is 2.91. The van der Waals surface area contributed by atoms with Crippen LogP contribution < -0.4 is 11.2 Å². The van der Waals surface area contributed by atoms with Crippen LogP contribution in [0.15, 0.2) is 0 Å². The molecular formula is C7H16N2O2. The summed E-state index contributed by atoms with van der Waals surface area (Å²) in [5, 5.41) is 0. The van der Waals surface area contributed by atoms with Crippen molar-refractivity contribution in [2.45, 2.75) is 26.3 Å². The van der Waals surface area contributed by atoms with Gasteiger partial charge in [-0.15, -0.1) is 0 Å². The Hall–Kier alpha value is -0.610. The summed E-state index contributed by atoms with van der Waals surface area (Å²) in [5.74, 6) is 0.161. The summed E-state index contributed by atoms with van der Waals surface area (Å²) in [6.07, 6.45) is 0.676. The highest BCUT2D eigenvalue weighted by atomic mass is 16.6. The summed E-state index contributed by atoms with van der Waals surface area (Å²) >= 11 is 0. The smallest absolute Gasteiger partial charge is 0.260 e. The Morgan fingerprint density at radius 3 is 2.55 bits per heavy atom. The summed E-state index contributed by atoms with van der Waals surface area (Å²) in [4.78, 5) is 15.3. The fraction of sp³-hybridized carbons (Fsp3) is 0.857. The summed E-state index contributed by atoms with van der Waals surface area (Å²) in [6.45, 7) is 4.03. The van der Waals surface area contributed by atoms with Gasteiger partial charge in [0.1, 0.15) is 0 Å². The fourth-order valence-electron chi connectivity index (χ4n) is 0.791. The van der Waals surface area contributed by atoms with E-state index in [-0.39, 0.29) is 5.91 Å². The molecule has 0 spiro atoms. The zero-order chi connectivity index (χ0) is 8.85. The number of hydrogen-bond donors (Lipinski definition) is 2. The van der Waals surface area contributed by atoms with Gasteiger partial charge in [-0.25, -0.2) is 5.48 Å². The lowest BCUT2D eigenvalue weighted by molar-refractivity contribution is -0.133. The van der Waals surface area contributed by atoms with Crippen LogP contribution in [0.2, 0.25) is 0 Å². The van der Waals surface area contributed by atoms with E-state index in [0.29, 0.717) is 12.3 Å². The van der Waals surface area contributed by atoms with E-state index in [0.717, 1.165) is 0 Å². The van der Waals surface area contributed by atoms with E-state index in [1.54, 1.807) is 0 Å². The number of amides is 1. The molecule has 0 aliphatic heterocycles. The Balaban J connectivity index is 3.64. The number of rotatable bonds is 4. The van der Waals surface area contributed by atoms with Gasteiger partial charge >= 0.3 is 0 Å². The maximum atomic E-state index is 10.9. The van der Waals surface area contributed by atoms with Gasteiger partial charge in [-0.1, -0.05) is 13.8 Å². The van der Waals surface area contributed by atoms with E-state index in [1.807, 2.05) is 13.8 Å². The number of nitrogens with one attached hydrogen (secondary N) is 1. The molecule has 0 radical (unpaired) electrons. The van der Waals surface area contributed by atoms with Gasteiger partial charge in [0.2, 0.25) is 0 Å². The van der Waals surface area contributed by atoms with Crippen molar-refractivity contribution in [1.29, 1.82) is 0 Å². The van der Waals surface area contributed by atoms with Crippen LogP contribution in [0.25, 0.3) is 0 Å². The van der Waals surface area contributed by atoms with E-state index in [4.69, 9.17) is 5.73 Å². The topological polar surface area (TPSA) is 64.3 Å². The van der Waals surface area contributed by atoms with Crippen molar-refractivity contribution in [2.24, 2.45) is 11.7 Å². The van der Waals surface area contributed by atoms with E-state index in [2.05, 4.69) is 10.3 Å². The molecular weight excluding hydrogens is 144 g/mol. The highest BCUT2D eigenvalue weighted by molar-refractivity contribution is 5.80. The SMILES string of the molecule is CONC(=O)[C@H](N)CC(C)C. The molecule has 3 N–H and O–H groups in total. The molecule has 0 aromatic rings. The van der Waals surface area contributed by atoms with Gasteiger partial charge in [0, 0.05) is 0 Å². The Kier molecular flexibility index (Phi) is 4.81. The molecule has 0 saturated carbocycles. The largest absolute Gasteiger partial charge is 0.320 e. The highest BCUT2D eigenvalue weighted by Crippen LogP contribution is 2.01. The second-order valence-corrected chi connectivity index (χ2v) is 2.91. The normalized spacial score (nSPS) is 13.2. The predicted molar refractivity (Wildman–Crippen MR) is 42.6 cm³/mol. The van der Waals surface area contributed by atoms with Crippen molar-refractivity contribution in [2.75, 3.05) is 7.11 Å². The molecule has 0 bridgehead atoms. The third-order valence-corrected chi connectivity index (χ3v) is 1.26. The van der Waals surface area contributed by atoms with E-state index in [1.165, 1.54) is 7.11 Å². The maximum Gasteiger partial charge on any atom is 0.260 e. The van der Waals surface area contributed by atoms with Gasteiger partial charge in [0.05, 0.1) is 13.2 Å². The predicted octanol–water partition coefficient (Wildman–Crippen LogP) is 0.0374. The molecule has 0 fully saturated rings. The average Bonchev–Trinajstić information content (AvgIpc) is 1.86. The Bertz CT molecular complexity index is 126. The molecule has 0 aromatic heterocycles. The van der Waals surface area contributed by atoms with E-state index in [9.17, 15) is 4.79 Å². The first-order valence-corrected chi connectivity index (χ1v) is 3.66. The summed E-state index contributed by atoms with van der Waals surface area (Å²) in [5.41, 5.74) is 7.70. The van der Waals surface area contributed by atoms with Crippen LogP contribution in [0.5, 0.6) is 0 Å². The van der Waals surface area contributed by atoms with Gasteiger partial charge in [-0.05, 0) is 12.3 Å². The lowest BCUT2D eigenvalue weighted by Crippen LogP contribution is -2.40. The van der Waals surface area contributed by atoms with Crippen molar-refractivity contribution in [1.82, 2.24) is 5.48 Å². The van der Waals surface area contributed by atoms with Crippen molar-refractivity contribution < 1.29 is 9.63 Å². The Morgan fingerprint density at radius 2 is 2.18 bits per heavy atom. The number of nitrogens with two attached hydrogens (primary N) is 1. The molecule has 1 amide bonds. The molecule has 66 valence electrons. The maximum absolute atomic E-state index is 10.9. The van der Waals surface area contributed by atoms with Crippen LogP contribution in [0.3, 0.4) is 0 Å². The molecule has 4 nitrogen and oxygen atoms in total. The molecule has 0 unspecified atom stereocenters. The molecule has 4 heteroatoms. The molecule has 0 heterocycles. The van der Waals surface area contributed by atoms with E-state index >= 15 is 0 Å². The van der Waals surface area contributed by atoms with Crippen LogP contribution in [-0.4, -0.2) is 19.1 Å². The van der Waals surface area contributed by atoms with Gasteiger partial charge in [0.25, 0.3) is 5.91 Å². The summed E-state index contributed by atoms with van der Waals surface area (Å²) < 4.78 is 0. The quantitative estimate of drug-likeness (QED) is 0.570. The minimum absolute atomic E-state index is 0.263. The Morgan fingerprint density at radius 1 is 1.64 bits per heavy atom. The fourth-order valence-corrected chi connectivity index (χ4v) is 0.791. The van der Waals surface area contributed by atoms with Crippen LogP contribution in [-0.2, 0) is 9.63 Å². The van der Waals surface area contributed by atoms with Crippen molar-refractivity contribution in [3.05, 3.63) is 0 Å². The number of carbonyl (C=O) groups is 1. The molecule has 0 aliphatic carbocycles. The first kappa shape index (κ1) is 10.4. The molecule has 1 atom stereocenters. The zero-order valence-corrected chi connectivity index (χ0v) is 7.26. The Labute approximate surface area is 67.0 Å². The zero-order valence-electron chi connectivity index (χ0n) is 7.26. The third kappa shape index (κ3) is 4.75. The standard InChI is InChI=1S/C7H16N2O2/c1-5(2)4-6(8)7(10)9-11-3/h5-6H,4,8H2,1-3H3,(H,9,10)/t6-/m1/s1. The number of hydroxylamine groups is 1. The number of hydrogen-bond acceptors (Lipinski definition) is 3. The van der Waals surface area contributed by atoms with E-state index < -0.39 is 6.04 Å². The molecule has 0 saturated heterocycles. The molecule has 0 aromatic carbocycles. The first-order chi connectivity index (χ1) is 5.07. The van der Waals surface area contributed by atoms with Crippen LogP contribution in [0, 0.1) is 5.92 Å². The second kappa shape index (κ2) is 5.09. The monoisotopic (exact) mass is 160 g/mol. The minimum atomic E-state index is -0.463. The van der Waals surface area contributed by atoms with Crippen molar-refractivity contribution in [3.8, 4) is 0 Å². The van der Waals surface area contributed by atoms with Crippen LogP contribution in [0.4, 0.5) is 0 Å². The molecule has 0 aliphatic rings. The van der Waals surface area contributed by atoms with Crippen molar-refractivity contribution >= 4 is 5.91 Å². The average molecular weight is 160 g/mol. The van der Waals surface area contributed by atoms with Gasteiger partial charge in [-0.2, -0.15) is 0 Å². The van der Waals surface area contributed by atoms with Crippen LogP contribution in [0.1, 0.15) is 20.3 Å². The lowest BCUT2D eigenvalue weighted by atomic mass is 10.0. The van der Waals surface area contributed by atoms with Gasteiger partial charge in [-0.3, -0.25) is 9.63 Å². The minimum Gasteiger partial charge on any atom is -0.320 e. The highest BCUT2D eigenvalue weighted by Gasteiger charge is 2.13. The first-order valence-electron chi connectivity index (χ1n) is 3.66. The molecule has 11 heavy (non-hydrogen) atoms. The number of carbonyl (C=O) groups excluding carboxylic acids is 1. The van der Waals surface area contributed by atoms with Gasteiger partial charge in [0.15, 0.2) is 0 Å².